The van der Waals surface area contributed by atoms with Crippen molar-refractivity contribution in [2.75, 3.05) is 6.54 Å². The van der Waals surface area contributed by atoms with Gasteiger partial charge in [0, 0.05) is 30.4 Å². The maximum Gasteiger partial charge on any atom is 0.232 e. The molecule has 1 heterocycles. The van der Waals surface area contributed by atoms with Crippen LogP contribution in [0.4, 0.5) is 0 Å². The third-order valence-corrected chi connectivity index (χ3v) is 3.94. The van der Waals surface area contributed by atoms with E-state index in [0.717, 1.165) is 0 Å². The maximum atomic E-state index is 11.9. The van der Waals surface area contributed by atoms with Crippen molar-refractivity contribution in [2.45, 2.75) is 26.7 Å². The summed E-state index contributed by atoms with van der Waals surface area (Å²) in [5.74, 6) is -0.672. The summed E-state index contributed by atoms with van der Waals surface area (Å²) in [6.45, 7) is 3.89. The number of nitrogens with zero attached hydrogens (tertiary/aromatic N) is 1. The molecule has 0 N–H and O–H groups in total. The summed E-state index contributed by atoms with van der Waals surface area (Å²) in [6, 6.07) is 9.06. The fourth-order valence-corrected chi connectivity index (χ4v) is 2.41. The van der Waals surface area contributed by atoms with Gasteiger partial charge >= 0.3 is 0 Å². The van der Waals surface area contributed by atoms with Crippen LogP contribution in [-0.4, -0.2) is 29.0 Å². The molecule has 4 nitrogen and oxygen atoms in total. The maximum absolute atomic E-state index is 11.9. The second kappa shape index (κ2) is 5.99. The molecular formula is C16H19NO3. The highest BCUT2D eigenvalue weighted by Crippen LogP contribution is 2.25. The van der Waals surface area contributed by atoms with E-state index in [4.69, 9.17) is 0 Å². The summed E-state index contributed by atoms with van der Waals surface area (Å²) in [4.78, 5) is 37.0. The quantitative estimate of drug-likeness (QED) is 0.611. The van der Waals surface area contributed by atoms with E-state index >= 15 is 0 Å². The summed E-state index contributed by atoms with van der Waals surface area (Å²) >= 11 is 0. The minimum atomic E-state index is -0.243. The lowest BCUT2D eigenvalue weighted by molar-refractivity contribution is -0.139. The number of benzene rings is 1. The van der Waals surface area contributed by atoms with Crippen LogP contribution in [-0.2, 0) is 9.59 Å². The Bertz CT molecular complexity index is 504. The zero-order valence-electron chi connectivity index (χ0n) is 11.8. The third-order valence-electron chi connectivity index (χ3n) is 3.94. The van der Waals surface area contributed by atoms with E-state index in [2.05, 4.69) is 0 Å². The zero-order valence-corrected chi connectivity index (χ0v) is 11.8. The first kappa shape index (κ1) is 14.4. The number of Topliss-reactive ketones (excluding diaryl/α,β-unsaturated/α-hetero) is 1. The minimum absolute atomic E-state index is 0.0470. The van der Waals surface area contributed by atoms with Crippen LogP contribution in [0.15, 0.2) is 30.3 Å². The summed E-state index contributed by atoms with van der Waals surface area (Å²) < 4.78 is 0. The van der Waals surface area contributed by atoms with Gasteiger partial charge < -0.3 is 0 Å². The van der Waals surface area contributed by atoms with E-state index in [1.807, 2.05) is 18.2 Å². The highest BCUT2D eigenvalue weighted by molar-refractivity contribution is 6.04. The molecule has 0 saturated carbocycles. The van der Waals surface area contributed by atoms with Gasteiger partial charge in [-0.15, -0.1) is 0 Å². The van der Waals surface area contributed by atoms with E-state index in [1.165, 1.54) is 4.90 Å². The van der Waals surface area contributed by atoms with Crippen molar-refractivity contribution in [3.8, 4) is 0 Å². The molecule has 2 atom stereocenters. The van der Waals surface area contributed by atoms with Gasteiger partial charge in [-0.25, -0.2) is 0 Å². The van der Waals surface area contributed by atoms with Crippen molar-refractivity contribution in [1.29, 1.82) is 0 Å². The topological polar surface area (TPSA) is 54.5 Å². The number of rotatable bonds is 5. The van der Waals surface area contributed by atoms with Crippen LogP contribution in [0.5, 0.6) is 0 Å². The van der Waals surface area contributed by atoms with E-state index in [0.29, 0.717) is 24.9 Å². The van der Waals surface area contributed by atoms with Crippen molar-refractivity contribution in [1.82, 2.24) is 4.90 Å². The lowest BCUT2D eigenvalue weighted by atomic mass is 10.00. The number of ketones is 1. The van der Waals surface area contributed by atoms with Gasteiger partial charge in [0.15, 0.2) is 5.78 Å². The van der Waals surface area contributed by atoms with E-state index < -0.39 is 0 Å². The second-order valence-corrected chi connectivity index (χ2v) is 5.30. The fraction of sp³-hybridized carbons (Fsp3) is 0.438. The molecular weight excluding hydrogens is 254 g/mol. The summed E-state index contributed by atoms with van der Waals surface area (Å²) in [7, 11) is 0. The van der Waals surface area contributed by atoms with Crippen molar-refractivity contribution in [2.24, 2.45) is 11.8 Å². The molecule has 2 unspecified atom stereocenters. The normalized spacial score (nSPS) is 22.4. The lowest BCUT2D eigenvalue weighted by Crippen LogP contribution is -2.32. The van der Waals surface area contributed by atoms with Gasteiger partial charge in [0.25, 0.3) is 0 Å². The highest BCUT2D eigenvalue weighted by atomic mass is 16.2. The highest BCUT2D eigenvalue weighted by Gasteiger charge is 2.41. The summed E-state index contributed by atoms with van der Waals surface area (Å²) in [5, 5.41) is 0. The Labute approximate surface area is 118 Å². The Kier molecular flexibility index (Phi) is 4.32. The molecule has 0 aromatic heterocycles. The minimum Gasteiger partial charge on any atom is -0.294 e. The van der Waals surface area contributed by atoms with Gasteiger partial charge in [-0.05, 0) is 6.42 Å². The number of likely N-dealkylation sites (tertiary alicyclic amines) is 1. The van der Waals surface area contributed by atoms with Crippen LogP contribution in [0.2, 0.25) is 0 Å². The predicted molar refractivity (Wildman–Crippen MR) is 75.1 cm³/mol. The Balaban J connectivity index is 1.86. The molecule has 1 aromatic carbocycles. The molecule has 1 saturated heterocycles. The SMILES string of the molecule is CC1C(=O)N(CCCC(=O)c2ccccc2)C(=O)C1C. The molecule has 1 fully saturated rings. The Hall–Kier alpha value is -1.97. The fourth-order valence-electron chi connectivity index (χ4n) is 2.41. The number of imide groups is 1. The van der Waals surface area contributed by atoms with Crippen LogP contribution in [0.1, 0.15) is 37.0 Å². The standard InChI is InChI=1S/C16H19NO3/c1-11-12(2)16(20)17(15(11)19)10-6-9-14(18)13-7-4-3-5-8-13/h3-5,7-8,11-12H,6,9-10H2,1-2H3. The molecule has 4 heteroatoms. The van der Waals surface area contributed by atoms with Crippen molar-refractivity contribution >= 4 is 17.6 Å². The smallest absolute Gasteiger partial charge is 0.232 e. The molecule has 0 bridgehead atoms. The molecule has 0 aliphatic carbocycles. The molecule has 1 aromatic rings. The largest absolute Gasteiger partial charge is 0.294 e. The average Bonchev–Trinajstić information content (AvgIpc) is 2.65. The molecule has 2 amide bonds. The van der Waals surface area contributed by atoms with Crippen LogP contribution < -0.4 is 0 Å². The van der Waals surface area contributed by atoms with Gasteiger partial charge in [-0.2, -0.15) is 0 Å². The summed E-state index contributed by atoms with van der Waals surface area (Å²) in [6.07, 6.45) is 0.870. The Morgan fingerprint density at radius 2 is 1.60 bits per heavy atom. The van der Waals surface area contributed by atoms with Crippen LogP contribution in [0.25, 0.3) is 0 Å². The number of amides is 2. The predicted octanol–water partition coefficient (Wildman–Crippen LogP) is 2.29. The van der Waals surface area contributed by atoms with E-state index in [1.54, 1.807) is 26.0 Å². The first-order valence-corrected chi connectivity index (χ1v) is 6.96. The summed E-state index contributed by atoms with van der Waals surface area (Å²) in [5.41, 5.74) is 0.674. The monoisotopic (exact) mass is 273 g/mol. The van der Waals surface area contributed by atoms with Crippen LogP contribution in [0.3, 0.4) is 0 Å². The third kappa shape index (κ3) is 2.79. The molecule has 20 heavy (non-hydrogen) atoms. The molecule has 2 rings (SSSR count). The number of hydrogen-bond acceptors (Lipinski definition) is 3. The van der Waals surface area contributed by atoms with Gasteiger partial charge in [-0.3, -0.25) is 19.3 Å². The Morgan fingerprint density at radius 1 is 1.05 bits per heavy atom. The average molecular weight is 273 g/mol. The molecule has 1 aliphatic heterocycles. The van der Waals surface area contributed by atoms with Gasteiger partial charge in [0.05, 0.1) is 0 Å². The molecule has 0 spiro atoms. The van der Waals surface area contributed by atoms with Gasteiger partial charge in [0.1, 0.15) is 0 Å². The molecule has 1 aliphatic rings. The Morgan fingerprint density at radius 3 is 2.15 bits per heavy atom. The number of carbonyl (C=O) groups excluding carboxylic acids is 3. The first-order chi connectivity index (χ1) is 9.52. The van der Waals surface area contributed by atoms with E-state index in [-0.39, 0.29) is 29.4 Å². The van der Waals surface area contributed by atoms with Crippen molar-refractivity contribution < 1.29 is 14.4 Å². The van der Waals surface area contributed by atoms with Crippen LogP contribution >= 0.6 is 0 Å². The second-order valence-electron chi connectivity index (χ2n) is 5.30. The van der Waals surface area contributed by atoms with Crippen LogP contribution in [0, 0.1) is 11.8 Å². The van der Waals surface area contributed by atoms with Gasteiger partial charge in [-0.1, -0.05) is 44.2 Å². The van der Waals surface area contributed by atoms with Crippen molar-refractivity contribution in [3.05, 3.63) is 35.9 Å². The van der Waals surface area contributed by atoms with E-state index in [9.17, 15) is 14.4 Å². The zero-order chi connectivity index (χ0) is 14.7. The number of hydrogen-bond donors (Lipinski definition) is 0. The van der Waals surface area contributed by atoms with Gasteiger partial charge in [0.2, 0.25) is 11.8 Å². The van der Waals surface area contributed by atoms with Crippen molar-refractivity contribution in [3.63, 3.8) is 0 Å². The molecule has 0 radical (unpaired) electrons. The number of carbonyl (C=O) groups is 3. The first-order valence-electron chi connectivity index (χ1n) is 6.96. The molecule has 106 valence electrons. The lowest BCUT2D eigenvalue weighted by Gasteiger charge is -2.13.